The molecule has 0 aliphatic carbocycles. The van der Waals surface area contributed by atoms with Crippen LogP contribution >= 0.6 is 10.0 Å². The van der Waals surface area contributed by atoms with Crippen LogP contribution < -0.4 is 5.46 Å². The van der Waals surface area contributed by atoms with Crippen LogP contribution in [0.4, 0.5) is 0 Å². The van der Waals surface area contributed by atoms with Crippen LogP contribution in [0.15, 0.2) is 87.5 Å². The molecule has 0 amide bonds. The minimum atomic E-state index is -1.32. The van der Waals surface area contributed by atoms with E-state index in [1.54, 1.807) is 0 Å². The van der Waals surface area contributed by atoms with Crippen molar-refractivity contribution in [1.29, 1.82) is 0 Å². The summed E-state index contributed by atoms with van der Waals surface area (Å²) in [4.78, 5) is 4.21. The van der Waals surface area contributed by atoms with Gasteiger partial charge in [0.2, 0.25) is 0 Å². The van der Waals surface area contributed by atoms with E-state index >= 15 is 0 Å². The standard InChI is InChI=1S/C25H27BO2S/c1-24(2)25(3,4)28-26(27-24)20-15-11-17-22-23(20)19-14-9-10-16-21(19)29(22,5)18-12-7-6-8-13-18/h6-17H,1-5H3. The van der Waals surface area contributed by atoms with E-state index in [-0.39, 0.29) is 18.3 Å². The second kappa shape index (κ2) is 6.25. The van der Waals surface area contributed by atoms with E-state index in [2.05, 4.69) is 107 Å². The first-order chi connectivity index (χ1) is 13.8. The van der Waals surface area contributed by atoms with Crippen molar-refractivity contribution >= 4 is 22.6 Å². The molecule has 148 valence electrons. The molecule has 0 aromatic heterocycles. The Labute approximate surface area is 175 Å². The fraction of sp³-hybridized carbons (Fsp3) is 0.280. The molecule has 1 saturated heterocycles. The minimum absolute atomic E-state index is 0.353. The lowest BCUT2D eigenvalue weighted by atomic mass is 9.74. The Balaban J connectivity index is 1.75. The topological polar surface area (TPSA) is 18.5 Å². The molecule has 2 aliphatic rings. The molecule has 2 aliphatic heterocycles. The molecule has 0 radical (unpaired) electrons. The summed E-state index contributed by atoms with van der Waals surface area (Å²) in [5.74, 6) is 0. The molecule has 5 rings (SSSR count). The minimum Gasteiger partial charge on any atom is -0.399 e. The first-order valence-electron chi connectivity index (χ1n) is 10.2. The van der Waals surface area contributed by atoms with Gasteiger partial charge in [-0.25, -0.2) is 0 Å². The molecule has 1 atom stereocenters. The van der Waals surface area contributed by atoms with Gasteiger partial charge in [0.1, 0.15) is 0 Å². The second-order valence-electron chi connectivity index (χ2n) is 9.04. The number of benzene rings is 3. The van der Waals surface area contributed by atoms with Gasteiger partial charge < -0.3 is 9.31 Å². The van der Waals surface area contributed by atoms with Gasteiger partial charge in [-0.2, -0.15) is 10.0 Å². The Bertz CT molecular complexity index is 1080. The summed E-state index contributed by atoms with van der Waals surface area (Å²) in [7, 11) is -1.68. The Hall–Kier alpha value is -2.01. The summed E-state index contributed by atoms with van der Waals surface area (Å²) in [5, 5.41) is 0. The summed E-state index contributed by atoms with van der Waals surface area (Å²) in [6.45, 7) is 8.46. The Kier molecular flexibility index (Phi) is 4.09. The van der Waals surface area contributed by atoms with Crippen LogP contribution in [0, 0.1) is 0 Å². The average molecular weight is 402 g/mol. The van der Waals surface area contributed by atoms with Crippen molar-refractivity contribution < 1.29 is 9.31 Å². The Morgan fingerprint density at radius 1 is 0.690 bits per heavy atom. The normalized spacial score (nSPS) is 25.9. The highest BCUT2D eigenvalue weighted by Crippen LogP contribution is 2.73. The Morgan fingerprint density at radius 2 is 1.28 bits per heavy atom. The van der Waals surface area contributed by atoms with E-state index in [1.165, 1.54) is 25.8 Å². The molecule has 1 unspecified atom stereocenters. The summed E-state index contributed by atoms with van der Waals surface area (Å²) in [5.41, 5.74) is 3.04. The van der Waals surface area contributed by atoms with E-state index in [0.29, 0.717) is 0 Å². The molecule has 2 nitrogen and oxygen atoms in total. The monoisotopic (exact) mass is 402 g/mol. The average Bonchev–Trinajstić information content (AvgIpc) is 3.11. The smallest absolute Gasteiger partial charge is 0.399 e. The van der Waals surface area contributed by atoms with Gasteiger partial charge in [0.15, 0.2) is 0 Å². The first-order valence-corrected chi connectivity index (χ1v) is 12.2. The Morgan fingerprint density at radius 3 is 1.97 bits per heavy atom. The predicted octanol–water partition coefficient (Wildman–Crippen LogP) is 5.88. The van der Waals surface area contributed by atoms with Crippen LogP contribution in [0.3, 0.4) is 0 Å². The SMILES string of the molecule is CC1(C)OB(c2cccc3c2-c2ccccc2S3(C)c2ccccc2)OC1(C)C. The highest BCUT2D eigenvalue weighted by atomic mass is 32.3. The summed E-state index contributed by atoms with van der Waals surface area (Å²) < 4.78 is 12.9. The molecule has 29 heavy (non-hydrogen) atoms. The van der Waals surface area contributed by atoms with Crippen molar-refractivity contribution in [3.63, 3.8) is 0 Å². The lowest BCUT2D eigenvalue weighted by molar-refractivity contribution is 0.00578. The summed E-state index contributed by atoms with van der Waals surface area (Å²) >= 11 is 0. The fourth-order valence-corrected chi connectivity index (χ4v) is 7.83. The molecule has 2 heterocycles. The lowest BCUT2D eigenvalue weighted by Gasteiger charge is -2.34. The van der Waals surface area contributed by atoms with Crippen LogP contribution in [0.2, 0.25) is 0 Å². The van der Waals surface area contributed by atoms with Crippen molar-refractivity contribution in [2.45, 2.75) is 53.6 Å². The van der Waals surface area contributed by atoms with Crippen molar-refractivity contribution in [2.75, 3.05) is 6.26 Å². The number of rotatable bonds is 2. The van der Waals surface area contributed by atoms with Crippen molar-refractivity contribution in [3.05, 3.63) is 72.8 Å². The van der Waals surface area contributed by atoms with E-state index in [0.717, 1.165) is 5.46 Å². The molecule has 3 aromatic carbocycles. The maximum Gasteiger partial charge on any atom is 0.495 e. The molecule has 3 aromatic rings. The zero-order valence-corrected chi connectivity index (χ0v) is 18.5. The van der Waals surface area contributed by atoms with Gasteiger partial charge in [-0.15, -0.1) is 0 Å². The zero-order chi connectivity index (χ0) is 20.4. The van der Waals surface area contributed by atoms with Crippen LogP contribution in [0.5, 0.6) is 0 Å². The fourth-order valence-electron chi connectivity index (χ4n) is 4.44. The van der Waals surface area contributed by atoms with Gasteiger partial charge in [0.25, 0.3) is 0 Å². The zero-order valence-electron chi connectivity index (χ0n) is 17.7. The maximum atomic E-state index is 6.45. The molecule has 4 heteroatoms. The van der Waals surface area contributed by atoms with Gasteiger partial charge >= 0.3 is 7.12 Å². The predicted molar refractivity (Wildman–Crippen MR) is 122 cm³/mol. The highest BCUT2D eigenvalue weighted by Gasteiger charge is 2.53. The van der Waals surface area contributed by atoms with Gasteiger partial charge in [0.05, 0.1) is 11.2 Å². The summed E-state index contributed by atoms with van der Waals surface area (Å²) in [6.07, 6.45) is 2.42. The molecule has 0 N–H and O–H groups in total. The molecule has 0 bridgehead atoms. The first kappa shape index (κ1) is 19.0. The van der Waals surface area contributed by atoms with Gasteiger partial charge in [-0.1, -0.05) is 48.5 Å². The number of hydrogen-bond acceptors (Lipinski definition) is 2. The van der Waals surface area contributed by atoms with Crippen molar-refractivity contribution in [2.24, 2.45) is 0 Å². The van der Waals surface area contributed by atoms with Crippen LogP contribution in [0.1, 0.15) is 27.7 Å². The van der Waals surface area contributed by atoms with E-state index < -0.39 is 10.0 Å². The lowest BCUT2D eigenvalue weighted by Crippen LogP contribution is -2.41. The van der Waals surface area contributed by atoms with Gasteiger partial charge in [-0.3, -0.25) is 0 Å². The van der Waals surface area contributed by atoms with E-state index in [1.807, 2.05) is 0 Å². The van der Waals surface area contributed by atoms with Crippen molar-refractivity contribution in [3.8, 4) is 11.1 Å². The van der Waals surface area contributed by atoms with E-state index in [4.69, 9.17) is 9.31 Å². The van der Waals surface area contributed by atoms with Gasteiger partial charge in [-0.05, 0) is 79.7 Å². The molecular weight excluding hydrogens is 375 g/mol. The van der Waals surface area contributed by atoms with Gasteiger partial charge in [0, 0.05) is 9.79 Å². The number of fused-ring (bicyclic) bond motifs is 3. The quantitative estimate of drug-likeness (QED) is 0.499. The summed E-state index contributed by atoms with van der Waals surface area (Å²) in [6, 6.07) is 26.4. The third-order valence-corrected chi connectivity index (χ3v) is 10.5. The second-order valence-corrected chi connectivity index (χ2v) is 12.2. The maximum absolute atomic E-state index is 6.45. The van der Waals surface area contributed by atoms with Crippen LogP contribution in [-0.4, -0.2) is 24.6 Å². The third-order valence-electron chi connectivity index (χ3n) is 6.82. The largest absolute Gasteiger partial charge is 0.495 e. The highest BCUT2D eigenvalue weighted by molar-refractivity contribution is 8.33. The van der Waals surface area contributed by atoms with Crippen LogP contribution in [-0.2, 0) is 9.31 Å². The van der Waals surface area contributed by atoms with Crippen LogP contribution in [0.25, 0.3) is 11.1 Å². The molecule has 0 saturated carbocycles. The molecular formula is C25H27BO2S. The molecule has 0 spiro atoms. The number of hydrogen-bond donors (Lipinski definition) is 0. The van der Waals surface area contributed by atoms with E-state index in [9.17, 15) is 0 Å². The molecule has 1 fully saturated rings. The third kappa shape index (κ3) is 2.59. The van der Waals surface area contributed by atoms with Crippen molar-refractivity contribution in [1.82, 2.24) is 0 Å².